The summed E-state index contributed by atoms with van der Waals surface area (Å²) in [6, 6.07) is 10.4. The van der Waals surface area contributed by atoms with Gasteiger partial charge in [0.15, 0.2) is 5.65 Å². The Bertz CT molecular complexity index is 1410. The first-order valence-corrected chi connectivity index (χ1v) is 10.6. The molecule has 0 aliphatic rings. The van der Waals surface area contributed by atoms with E-state index in [0.717, 1.165) is 0 Å². The predicted octanol–water partition coefficient (Wildman–Crippen LogP) is 6.61. The third kappa shape index (κ3) is 5.37. The number of hydrogen-bond acceptors (Lipinski definition) is 4. The summed E-state index contributed by atoms with van der Waals surface area (Å²) in [4.78, 5) is 15.7. The zero-order chi connectivity index (χ0) is 25.3. The number of carboxylic acid groups (broad SMARTS) is 1. The van der Waals surface area contributed by atoms with Crippen molar-refractivity contribution >= 4 is 17.3 Å². The zero-order valence-electron chi connectivity index (χ0n) is 18.8. The first-order chi connectivity index (χ1) is 16.5. The Balaban J connectivity index is 1.80. The van der Waals surface area contributed by atoms with Crippen molar-refractivity contribution in [3.8, 4) is 22.8 Å². The van der Waals surface area contributed by atoms with Crippen molar-refractivity contribution in [1.29, 1.82) is 0 Å². The van der Waals surface area contributed by atoms with Crippen LogP contribution in [0.2, 0.25) is 0 Å². The van der Waals surface area contributed by atoms with Gasteiger partial charge in [0.2, 0.25) is 0 Å². The Morgan fingerprint density at radius 1 is 1.11 bits per heavy atom. The van der Waals surface area contributed by atoms with Crippen LogP contribution in [-0.2, 0) is 0 Å². The number of anilines is 1. The van der Waals surface area contributed by atoms with E-state index >= 15 is 0 Å². The summed E-state index contributed by atoms with van der Waals surface area (Å²) in [6.45, 7) is 3.03. The number of imidazole rings is 1. The van der Waals surface area contributed by atoms with Crippen LogP contribution in [0.15, 0.2) is 54.9 Å². The second-order valence-electron chi connectivity index (χ2n) is 8.07. The van der Waals surface area contributed by atoms with Gasteiger partial charge in [-0.25, -0.2) is 14.2 Å². The number of aryl methyl sites for hydroxylation is 2. The highest BCUT2D eigenvalue weighted by Crippen LogP contribution is 2.33. The van der Waals surface area contributed by atoms with Crippen molar-refractivity contribution in [2.24, 2.45) is 0 Å². The number of nitrogens with one attached hydrogen (secondary N) is 1. The molecule has 0 saturated carbocycles. The number of aromatic nitrogens is 2. The Morgan fingerprint density at radius 2 is 1.89 bits per heavy atom. The molecule has 0 bridgehead atoms. The number of halogens is 4. The predicted molar refractivity (Wildman–Crippen MR) is 123 cm³/mol. The van der Waals surface area contributed by atoms with Crippen LogP contribution in [0.3, 0.4) is 0 Å². The maximum absolute atomic E-state index is 13.8. The number of nitrogens with zero attached hydrogens (tertiary/aromatic N) is 2. The molecule has 2 N–H and O–H groups in total. The van der Waals surface area contributed by atoms with Gasteiger partial charge in [0, 0.05) is 24.2 Å². The topological polar surface area (TPSA) is 75.9 Å². The van der Waals surface area contributed by atoms with Gasteiger partial charge in [-0.15, -0.1) is 0 Å². The lowest BCUT2D eigenvalue weighted by molar-refractivity contribution is -0.131. The fourth-order valence-electron chi connectivity index (χ4n) is 3.67. The number of ether oxygens (including phenoxy) is 1. The van der Waals surface area contributed by atoms with Crippen molar-refractivity contribution in [3.05, 3.63) is 77.4 Å². The van der Waals surface area contributed by atoms with Gasteiger partial charge in [0.1, 0.15) is 17.3 Å². The van der Waals surface area contributed by atoms with Gasteiger partial charge in [0.25, 0.3) is 0 Å². The minimum Gasteiger partial charge on any atom is -0.478 e. The van der Waals surface area contributed by atoms with Crippen LogP contribution in [0, 0.1) is 19.7 Å². The second kappa shape index (κ2) is 9.28. The van der Waals surface area contributed by atoms with Gasteiger partial charge in [-0.05, 0) is 43.2 Å². The van der Waals surface area contributed by atoms with Crippen LogP contribution in [0.4, 0.5) is 23.2 Å². The lowest BCUT2D eigenvalue weighted by atomic mass is 10.0. The highest BCUT2D eigenvalue weighted by atomic mass is 19.4. The molecule has 0 amide bonds. The molecule has 2 aromatic heterocycles. The standard InChI is InChI=1S/C25H21F4N3O3/c1-14-3-5-17(26)10-22(14)35-18-11-20(30-8-7-25(27,28)29)23-31-12-21(32(23)13-18)16-4-6-19(24(33)34)15(2)9-16/h3-6,9-13,30H,7-8H2,1-2H3,(H,33,34). The molecule has 6 nitrogen and oxygen atoms in total. The summed E-state index contributed by atoms with van der Waals surface area (Å²) in [6.07, 6.45) is -2.25. The van der Waals surface area contributed by atoms with Gasteiger partial charge in [-0.3, -0.25) is 4.40 Å². The van der Waals surface area contributed by atoms with E-state index in [-0.39, 0.29) is 23.6 Å². The average Bonchev–Trinajstić information content (AvgIpc) is 3.19. The first-order valence-electron chi connectivity index (χ1n) is 10.6. The summed E-state index contributed by atoms with van der Waals surface area (Å²) >= 11 is 0. The summed E-state index contributed by atoms with van der Waals surface area (Å²) in [5, 5.41) is 12.1. The number of carbonyl (C=O) groups is 1. The maximum atomic E-state index is 13.8. The Kier molecular flexibility index (Phi) is 6.38. The minimum atomic E-state index is -4.33. The van der Waals surface area contributed by atoms with E-state index in [9.17, 15) is 27.5 Å². The van der Waals surface area contributed by atoms with Gasteiger partial charge in [0.05, 0.1) is 35.8 Å². The van der Waals surface area contributed by atoms with Crippen LogP contribution in [-0.4, -0.2) is 33.2 Å². The summed E-state index contributed by atoms with van der Waals surface area (Å²) in [7, 11) is 0. The number of hydrogen-bond donors (Lipinski definition) is 2. The molecule has 2 aromatic carbocycles. The highest BCUT2D eigenvalue weighted by Gasteiger charge is 2.26. The molecule has 0 unspecified atom stereocenters. The van der Waals surface area contributed by atoms with Crippen LogP contribution < -0.4 is 10.1 Å². The fraction of sp³-hybridized carbons (Fsp3) is 0.200. The molecule has 4 rings (SSSR count). The molecule has 0 atom stereocenters. The van der Waals surface area contributed by atoms with Crippen molar-refractivity contribution in [3.63, 3.8) is 0 Å². The van der Waals surface area contributed by atoms with Crippen LogP contribution in [0.5, 0.6) is 11.5 Å². The van der Waals surface area contributed by atoms with E-state index in [2.05, 4.69) is 10.3 Å². The van der Waals surface area contributed by atoms with E-state index in [1.54, 1.807) is 42.6 Å². The molecule has 2 heterocycles. The van der Waals surface area contributed by atoms with Crippen molar-refractivity contribution in [1.82, 2.24) is 9.38 Å². The quantitative estimate of drug-likeness (QED) is 0.287. The molecular formula is C25H21F4N3O3. The van der Waals surface area contributed by atoms with E-state index in [1.807, 2.05) is 0 Å². The van der Waals surface area contributed by atoms with Gasteiger partial charge >= 0.3 is 12.1 Å². The Morgan fingerprint density at radius 3 is 2.57 bits per heavy atom. The normalized spacial score (nSPS) is 11.6. The van der Waals surface area contributed by atoms with E-state index in [0.29, 0.717) is 33.7 Å². The average molecular weight is 487 g/mol. The molecule has 10 heteroatoms. The lowest BCUT2D eigenvalue weighted by Crippen LogP contribution is -2.15. The molecule has 0 aliphatic heterocycles. The van der Waals surface area contributed by atoms with Crippen molar-refractivity contribution in [2.75, 3.05) is 11.9 Å². The largest absolute Gasteiger partial charge is 0.478 e. The van der Waals surface area contributed by atoms with Crippen LogP contribution >= 0.6 is 0 Å². The number of aromatic carboxylic acids is 1. The van der Waals surface area contributed by atoms with Gasteiger partial charge < -0.3 is 15.2 Å². The SMILES string of the molecule is Cc1ccc(F)cc1Oc1cc(NCCC(F)(F)F)c2ncc(-c3ccc(C(=O)O)c(C)c3)n2c1. The van der Waals surface area contributed by atoms with Crippen LogP contribution in [0.25, 0.3) is 16.9 Å². The molecule has 0 aliphatic carbocycles. The van der Waals surface area contributed by atoms with E-state index in [4.69, 9.17) is 4.74 Å². The van der Waals surface area contributed by atoms with Gasteiger partial charge in [-0.2, -0.15) is 13.2 Å². The molecule has 0 saturated heterocycles. The number of benzene rings is 2. The highest BCUT2D eigenvalue weighted by molar-refractivity contribution is 5.90. The third-order valence-corrected chi connectivity index (χ3v) is 5.44. The van der Waals surface area contributed by atoms with Crippen molar-refractivity contribution < 1.29 is 32.2 Å². The summed E-state index contributed by atoms with van der Waals surface area (Å²) in [5.41, 5.74) is 3.24. The Hall–Kier alpha value is -4.08. The maximum Gasteiger partial charge on any atom is 0.390 e. The molecule has 182 valence electrons. The number of alkyl halides is 3. The third-order valence-electron chi connectivity index (χ3n) is 5.44. The summed E-state index contributed by atoms with van der Waals surface area (Å²) in [5.74, 6) is -1.04. The second-order valence-corrected chi connectivity index (χ2v) is 8.07. The van der Waals surface area contributed by atoms with Gasteiger partial charge in [-0.1, -0.05) is 12.1 Å². The molecular weight excluding hydrogens is 466 g/mol. The Labute approximate surface area is 197 Å². The molecule has 35 heavy (non-hydrogen) atoms. The lowest BCUT2D eigenvalue weighted by Gasteiger charge is -2.15. The van der Waals surface area contributed by atoms with E-state index in [1.165, 1.54) is 30.5 Å². The molecule has 0 spiro atoms. The first kappa shape index (κ1) is 24.1. The van der Waals surface area contributed by atoms with Crippen molar-refractivity contribution in [2.45, 2.75) is 26.4 Å². The molecule has 0 fully saturated rings. The fourth-order valence-corrected chi connectivity index (χ4v) is 3.67. The summed E-state index contributed by atoms with van der Waals surface area (Å²) < 4.78 is 59.4. The number of pyridine rings is 1. The smallest absolute Gasteiger partial charge is 0.390 e. The number of carboxylic acids is 1. The molecule has 0 radical (unpaired) electrons. The monoisotopic (exact) mass is 487 g/mol. The molecule has 4 aromatic rings. The number of fused-ring (bicyclic) bond motifs is 1. The number of rotatable bonds is 7. The zero-order valence-corrected chi connectivity index (χ0v) is 18.8. The van der Waals surface area contributed by atoms with E-state index < -0.39 is 24.4 Å². The van der Waals surface area contributed by atoms with Crippen LogP contribution in [0.1, 0.15) is 27.9 Å². The minimum absolute atomic E-state index is 0.155.